The second-order valence-corrected chi connectivity index (χ2v) is 8.38. The number of thiophene rings is 1. The molecule has 0 bridgehead atoms. The van der Waals surface area contributed by atoms with Crippen molar-refractivity contribution in [1.82, 2.24) is 4.31 Å². The number of halogens is 1. The summed E-state index contributed by atoms with van der Waals surface area (Å²) < 4.78 is 26.7. The summed E-state index contributed by atoms with van der Waals surface area (Å²) in [7, 11) is -3.47. The fourth-order valence-electron chi connectivity index (χ4n) is 2.16. The minimum atomic E-state index is -3.47. The molecule has 0 atom stereocenters. The van der Waals surface area contributed by atoms with Gasteiger partial charge in [0.05, 0.1) is 4.34 Å². The van der Waals surface area contributed by atoms with Crippen LogP contribution in [0.2, 0.25) is 4.34 Å². The van der Waals surface area contributed by atoms with E-state index >= 15 is 0 Å². The highest BCUT2D eigenvalue weighted by molar-refractivity contribution is 7.91. The molecular weight excluding hydrogens is 310 g/mol. The molecule has 1 fully saturated rings. The van der Waals surface area contributed by atoms with Gasteiger partial charge in [-0.05, 0) is 30.9 Å². The lowest BCUT2D eigenvalue weighted by Crippen LogP contribution is -2.38. The zero-order valence-corrected chi connectivity index (χ0v) is 12.5. The Morgan fingerprint density at radius 1 is 1.42 bits per heavy atom. The Kier molecular flexibility index (Phi) is 4.50. The van der Waals surface area contributed by atoms with Gasteiger partial charge in [0, 0.05) is 19.5 Å². The van der Waals surface area contributed by atoms with Gasteiger partial charge < -0.3 is 5.11 Å². The van der Waals surface area contributed by atoms with Crippen LogP contribution in [-0.2, 0) is 14.8 Å². The fourth-order valence-corrected chi connectivity index (χ4v) is 5.27. The molecule has 2 rings (SSSR count). The van der Waals surface area contributed by atoms with Gasteiger partial charge in [-0.25, -0.2) is 8.42 Å². The van der Waals surface area contributed by atoms with Crippen LogP contribution in [0.3, 0.4) is 0 Å². The van der Waals surface area contributed by atoms with Gasteiger partial charge in [-0.15, -0.1) is 11.3 Å². The highest BCUT2D eigenvalue weighted by Crippen LogP contribution is 2.31. The van der Waals surface area contributed by atoms with Gasteiger partial charge in [-0.3, -0.25) is 4.79 Å². The number of sulfonamides is 1. The molecule has 0 amide bonds. The van der Waals surface area contributed by atoms with Gasteiger partial charge in [0.15, 0.2) is 0 Å². The number of aliphatic carboxylic acids is 1. The van der Waals surface area contributed by atoms with E-state index in [0.29, 0.717) is 30.3 Å². The molecule has 1 aliphatic rings. The molecule has 8 heteroatoms. The van der Waals surface area contributed by atoms with E-state index in [4.69, 9.17) is 16.7 Å². The lowest BCUT2D eigenvalue weighted by atomic mass is 9.95. The number of rotatable bonds is 4. The molecule has 0 unspecified atom stereocenters. The second kappa shape index (κ2) is 5.78. The first-order chi connectivity index (χ1) is 8.89. The number of carbonyl (C=O) groups is 1. The molecule has 0 spiro atoms. The molecule has 5 nitrogen and oxygen atoms in total. The van der Waals surface area contributed by atoms with Crippen molar-refractivity contribution in [3.8, 4) is 0 Å². The van der Waals surface area contributed by atoms with Crippen LogP contribution in [0.15, 0.2) is 16.3 Å². The minimum Gasteiger partial charge on any atom is -0.481 e. The number of piperidine rings is 1. The predicted octanol–water partition coefficient (Wildman–Crippen LogP) is 2.28. The molecule has 0 aliphatic carbocycles. The molecular formula is C11H14ClNO4S2. The van der Waals surface area contributed by atoms with E-state index in [1.807, 2.05) is 0 Å². The quantitative estimate of drug-likeness (QED) is 0.922. The van der Waals surface area contributed by atoms with Crippen LogP contribution in [-0.4, -0.2) is 36.9 Å². The number of hydrogen-bond acceptors (Lipinski definition) is 4. The third-order valence-corrected chi connectivity index (χ3v) is 6.78. The van der Waals surface area contributed by atoms with Crippen LogP contribution < -0.4 is 0 Å². The van der Waals surface area contributed by atoms with E-state index < -0.39 is 16.0 Å². The highest BCUT2D eigenvalue weighted by atomic mass is 35.5. The van der Waals surface area contributed by atoms with Gasteiger partial charge in [0.2, 0.25) is 0 Å². The summed E-state index contributed by atoms with van der Waals surface area (Å²) in [6.07, 6.45) is 1.29. The molecule has 1 aliphatic heterocycles. The maximum Gasteiger partial charge on any atom is 0.303 e. The summed E-state index contributed by atoms with van der Waals surface area (Å²) >= 11 is 6.80. The second-order valence-electron chi connectivity index (χ2n) is 4.50. The Hall–Kier alpha value is -0.630. The van der Waals surface area contributed by atoms with E-state index in [9.17, 15) is 13.2 Å². The van der Waals surface area contributed by atoms with E-state index in [2.05, 4.69) is 0 Å². The topological polar surface area (TPSA) is 74.7 Å². The number of hydrogen-bond donors (Lipinski definition) is 1. The Morgan fingerprint density at radius 3 is 2.53 bits per heavy atom. The molecule has 1 saturated heterocycles. The monoisotopic (exact) mass is 323 g/mol. The smallest absolute Gasteiger partial charge is 0.303 e. The maximum atomic E-state index is 12.3. The summed E-state index contributed by atoms with van der Waals surface area (Å²) in [4.78, 5) is 10.6. The minimum absolute atomic E-state index is 0.0656. The Balaban J connectivity index is 2.03. The van der Waals surface area contributed by atoms with E-state index in [1.54, 1.807) is 6.07 Å². The van der Waals surface area contributed by atoms with E-state index in [-0.39, 0.29) is 16.5 Å². The standard InChI is InChI=1S/C11H14ClNO4S2/c12-9-1-2-11(18-9)19(16,17)13-5-3-8(4-6-13)7-10(14)15/h1-2,8H,3-7H2,(H,14,15). The van der Waals surface area contributed by atoms with Gasteiger partial charge in [-0.2, -0.15) is 4.31 Å². The van der Waals surface area contributed by atoms with Crippen molar-refractivity contribution < 1.29 is 18.3 Å². The molecule has 1 aromatic heterocycles. The predicted molar refractivity (Wildman–Crippen MR) is 73.1 cm³/mol. The van der Waals surface area contributed by atoms with Gasteiger partial charge >= 0.3 is 5.97 Å². The molecule has 1 N–H and O–H groups in total. The number of carboxylic acid groups (broad SMARTS) is 1. The van der Waals surface area contributed by atoms with Gasteiger partial charge in [-0.1, -0.05) is 11.6 Å². The molecule has 1 aromatic rings. The molecule has 106 valence electrons. The number of carboxylic acids is 1. The van der Waals surface area contributed by atoms with Crippen molar-refractivity contribution in [2.24, 2.45) is 5.92 Å². The van der Waals surface area contributed by atoms with Gasteiger partial charge in [0.25, 0.3) is 10.0 Å². The van der Waals surface area contributed by atoms with Crippen molar-refractivity contribution in [2.75, 3.05) is 13.1 Å². The molecule has 19 heavy (non-hydrogen) atoms. The van der Waals surface area contributed by atoms with E-state index in [1.165, 1.54) is 10.4 Å². The normalized spacial score (nSPS) is 18.6. The van der Waals surface area contributed by atoms with Crippen LogP contribution in [0.5, 0.6) is 0 Å². The van der Waals surface area contributed by atoms with Crippen molar-refractivity contribution in [3.05, 3.63) is 16.5 Å². The molecule has 0 radical (unpaired) electrons. The third kappa shape index (κ3) is 3.47. The SMILES string of the molecule is O=C(O)CC1CCN(S(=O)(=O)c2ccc(Cl)s2)CC1. The molecule has 2 heterocycles. The van der Waals surface area contributed by atoms with Crippen molar-refractivity contribution in [2.45, 2.75) is 23.5 Å². The largest absolute Gasteiger partial charge is 0.481 e. The average molecular weight is 324 g/mol. The zero-order valence-electron chi connectivity index (χ0n) is 10.1. The maximum absolute atomic E-state index is 12.3. The Bertz CT molecular complexity index is 561. The van der Waals surface area contributed by atoms with Crippen LogP contribution in [0.25, 0.3) is 0 Å². The van der Waals surface area contributed by atoms with Crippen molar-refractivity contribution in [1.29, 1.82) is 0 Å². The average Bonchev–Trinajstić information content (AvgIpc) is 2.76. The summed E-state index contributed by atoms with van der Waals surface area (Å²) in [5, 5.41) is 8.73. The van der Waals surface area contributed by atoms with Gasteiger partial charge in [0.1, 0.15) is 4.21 Å². The molecule has 0 saturated carbocycles. The Morgan fingerprint density at radius 2 is 2.05 bits per heavy atom. The Labute approximate surface area is 120 Å². The first-order valence-corrected chi connectivity index (χ1v) is 8.50. The lowest BCUT2D eigenvalue weighted by molar-refractivity contribution is -0.138. The highest BCUT2D eigenvalue weighted by Gasteiger charge is 2.31. The van der Waals surface area contributed by atoms with Crippen LogP contribution in [0.1, 0.15) is 19.3 Å². The van der Waals surface area contributed by atoms with Crippen molar-refractivity contribution >= 4 is 38.9 Å². The van der Waals surface area contributed by atoms with Crippen LogP contribution in [0.4, 0.5) is 0 Å². The number of nitrogens with zero attached hydrogens (tertiary/aromatic N) is 1. The first-order valence-electron chi connectivity index (χ1n) is 5.87. The summed E-state index contributed by atoms with van der Waals surface area (Å²) in [5.74, 6) is -0.762. The molecule has 0 aromatic carbocycles. The lowest BCUT2D eigenvalue weighted by Gasteiger charge is -2.30. The fraction of sp³-hybridized carbons (Fsp3) is 0.545. The van der Waals surface area contributed by atoms with Crippen LogP contribution in [0, 0.1) is 5.92 Å². The van der Waals surface area contributed by atoms with E-state index in [0.717, 1.165) is 11.3 Å². The first kappa shape index (κ1) is 14.8. The third-order valence-electron chi connectivity index (χ3n) is 3.18. The summed E-state index contributed by atoms with van der Waals surface area (Å²) in [6.45, 7) is 0.742. The van der Waals surface area contributed by atoms with Crippen molar-refractivity contribution in [3.63, 3.8) is 0 Å². The summed E-state index contributed by atoms with van der Waals surface area (Å²) in [5.41, 5.74) is 0. The zero-order chi connectivity index (χ0) is 14.0. The summed E-state index contributed by atoms with van der Waals surface area (Å²) in [6, 6.07) is 3.07. The van der Waals surface area contributed by atoms with Crippen LogP contribution >= 0.6 is 22.9 Å².